The van der Waals surface area contributed by atoms with Gasteiger partial charge in [0.25, 0.3) is 0 Å². The normalized spacial score (nSPS) is 18.6. The maximum Gasteiger partial charge on any atom is 0.308 e. The molecular formula is C12H23NO3. The van der Waals surface area contributed by atoms with Crippen molar-refractivity contribution in [2.75, 3.05) is 40.0 Å². The molecule has 1 fully saturated rings. The van der Waals surface area contributed by atoms with Gasteiger partial charge in [0, 0.05) is 19.8 Å². The van der Waals surface area contributed by atoms with Crippen LogP contribution in [0.5, 0.6) is 0 Å². The summed E-state index contributed by atoms with van der Waals surface area (Å²) < 4.78 is 10.1. The molecule has 0 amide bonds. The van der Waals surface area contributed by atoms with Crippen LogP contribution in [0, 0.1) is 5.92 Å². The van der Waals surface area contributed by atoms with Crippen LogP contribution in [-0.4, -0.2) is 50.8 Å². The van der Waals surface area contributed by atoms with E-state index in [1.165, 1.54) is 7.11 Å². The van der Waals surface area contributed by atoms with Gasteiger partial charge in [-0.1, -0.05) is 0 Å². The van der Waals surface area contributed by atoms with Crippen LogP contribution < -0.4 is 0 Å². The zero-order valence-electron chi connectivity index (χ0n) is 10.4. The van der Waals surface area contributed by atoms with Crippen molar-refractivity contribution in [1.29, 1.82) is 0 Å². The topological polar surface area (TPSA) is 38.8 Å². The van der Waals surface area contributed by atoms with E-state index in [-0.39, 0.29) is 11.9 Å². The molecule has 4 nitrogen and oxygen atoms in total. The minimum Gasteiger partial charge on any atom is -0.469 e. The van der Waals surface area contributed by atoms with Crippen LogP contribution in [0.1, 0.15) is 26.2 Å². The molecule has 1 aliphatic rings. The number of hydrogen-bond donors (Lipinski definition) is 0. The van der Waals surface area contributed by atoms with Crippen LogP contribution in [0.4, 0.5) is 0 Å². The van der Waals surface area contributed by atoms with Crippen LogP contribution in [0.15, 0.2) is 0 Å². The molecule has 0 radical (unpaired) electrons. The van der Waals surface area contributed by atoms with Crippen molar-refractivity contribution in [1.82, 2.24) is 4.90 Å². The first-order chi connectivity index (χ1) is 7.77. The van der Waals surface area contributed by atoms with E-state index >= 15 is 0 Å². The Morgan fingerprint density at radius 1 is 1.38 bits per heavy atom. The average Bonchev–Trinajstić information content (AvgIpc) is 2.34. The fraction of sp³-hybridized carbons (Fsp3) is 0.917. The summed E-state index contributed by atoms with van der Waals surface area (Å²) in [5.74, 6) is 0.0714. The molecule has 1 saturated heterocycles. The zero-order valence-corrected chi connectivity index (χ0v) is 10.4. The summed E-state index contributed by atoms with van der Waals surface area (Å²) >= 11 is 0. The molecule has 0 aromatic heterocycles. The third-order valence-electron chi connectivity index (χ3n) is 3.09. The summed E-state index contributed by atoms with van der Waals surface area (Å²) in [4.78, 5) is 13.7. The number of nitrogens with zero attached hydrogens (tertiary/aromatic N) is 1. The quantitative estimate of drug-likeness (QED) is 0.508. The molecule has 1 rings (SSSR count). The summed E-state index contributed by atoms with van der Waals surface area (Å²) in [7, 11) is 1.47. The van der Waals surface area contributed by atoms with E-state index < -0.39 is 0 Å². The first-order valence-electron chi connectivity index (χ1n) is 6.15. The van der Waals surface area contributed by atoms with Crippen molar-refractivity contribution in [3.05, 3.63) is 0 Å². The lowest BCUT2D eigenvalue weighted by atomic mass is 9.97. The van der Waals surface area contributed by atoms with Gasteiger partial charge in [-0.3, -0.25) is 4.79 Å². The molecule has 94 valence electrons. The molecule has 4 heteroatoms. The number of hydrogen-bond acceptors (Lipinski definition) is 4. The fourth-order valence-corrected chi connectivity index (χ4v) is 2.09. The first-order valence-corrected chi connectivity index (χ1v) is 6.15. The van der Waals surface area contributed by atoms with Gasteiger partial charge in [0.1, 0.15) is 0 Å². The SMILES string of the molecule is CCOCCCN1CCC(C(=O)OC)CC1. The summed E-state index contributed by atoms with van der Waals surface area (Å²) in [5.41, 5.74) is 0. The Kier molecular flexibility index (Phi) is 6.42. The van der Waals surface area contributed by atoms with Gasteiger partial charge < -0.3 is 14.4 Å². The maximum absolute atomic E-state index is 11.3. The highest BCUT2D eigenvalue weighted by Gasteiger charge is 2.24. The second-order valence-electron chi connectivity index (χ2n) is 4.19. The number of ether oxygens (including phenoxy) is 2. The molecular weight excluding hydrogens is 206 g/mol. The number of methoxy groups -OCH3 is 1. The molecule has 0 saturated carbocycles. The molecule has 0 bridgehead atoms. The molecule has 0 aromatic carbocycles. The smallest absolute Gasteiger partial charge is 0.308 e. The van der Waals surface area contributed by atoms with Crippen molar-refractivity contribution < 1.29 is 14.3 Å². The standard InChI is InChI=1S/C12H23NO3/c1-3-16-10-4-7-13-8-5-11(6-9-13)12(14)15-2/h11H,3-10H2,1-2H3. The summed E-state index contributed by atoms with van der Waals surface area (Å²) in [6.07, 6.45) is 2.94. The van der Waals surface area contributed by atoms with Crippen molar-refractivity contribution in [3.63, 3.8) is 0 Å². The fourth-order valence-electron chi connectivity index (χ4n) is 2.09. The Morgan fingerprint density at radius 3 is 2.62 bits per heavy atom. The van der Waals surface area contributed by atoms with Crippen molar-refractivity contribution in [3.8, 4) is 0 Å². The minimum atomic E-state index is -0.0473. The molecule has 1 aliphatic heterocycles. The Hall–Kier alpha value is -0.610. The lowest BCUT2D eigenvalue weighted by Crippen LogP contribution is -2.37. The van der Waals surface area contributed by atoms with E-state index in [0.717, 1.165) is 52.1 Å². The highest BCUT2D eigenvalue weighted by molar-refractivity contribution is 5.72. The van der Waals surface area contributed by atoms with Gasteiger partial charge in [0.2, 0.25) is 0 Å². The van der Waals surface area contributed by atoms with Crippen LogP contribution in [0.25, 0.3) is 0 Å². The van der Waals surface area contributed by atoms with Crippen molar-refractivity contribution in [2.45, 2.75) is 26.2 Å². The Bertz CT molecular complexity index is 200. The van der Waals surface area contributed by atoms with Gasteiger partial charge in [-0.2, -0.15) is 0 Å². The monoisotopic (exact) mass is 229 g/mol. The molecule has 0 atom stereocenters. The predicted molar refractivity (Wildman–Crippen MR) is 62.3 cm³/mol. The van der Waals surface area contributed by atoms with Gasteiger partial charge in [0.15, 0.2) is 0 Å². The number of likely N-dealkylation sites (tertiary alicyclic amines) is 1. The number of carbonyl (C=O) groups excluding carboxylic acids is 1. The van der Waals surface area contributed by atoms with Gasteiger partial charge in [-0.25, -0.2) is 0 Å². The Labute approximate surface area is 97.9 Å². The van der Waals surface area contributed by atoms with E-state index in [1.807, 2.05) is 6.92 Å². The predicted octanol–water partition coefficient (Wildman–Crippen LogP) is 1.30. The molecule has 16 heavy (non-hydrogen) atoms. The largest absolute Gasteiger partial charge is 0.469 e. The number of carbonyl (C=O) groups is 1. The highest BCUT2D eigenvalue weighted by atomic mass is 16.5. The van der Waals surface area contributed by atoms with E-state index in [9.17, 15) is 4.79 Å². The lowest BCUT2D eigenvalue weighted by Gasteiger charge is -2.30. The van der Waals surface area contributed by atoms with Crippen LogP contribution in [0.3, 0.4) is 0 Å². The molecule has 0 spiro atoms. The summed E-state index contributed by atoms with van der Waals surface area (Å²) in [6.45, 7) is 6.74. The maximum atomic E-state index is 11.3. The first kappa shape index (κ1) is 13.5. The molecule has 0 unspecified atom stereocenters. The number of piperidine rings is 1. The number of esters is 1. The molecule has 0 N–H and O–H groups in total. The van der Waals surface area contributed by atoms with Crippen LogP contribution in [-0.2, 0) is 14.3 Å². The highest BCUT2D eigenvalue weighted by Crippen LogP contribution is 2.18. The molecule has 0 aliphatic carbocycles. The van der Waals surface area contributed by atoms with Gasteiger partial charge in [-0.05, 0) is 39.3 Å². The summed E-state index contributed by atoms with van der Waals surface area (Å²) in [6, 6.07) is 0. The molecule has 0 aromatic rings. The minimum absolute atomic E-state index is 0.0473. The van der Waals surface area contributed by atoms with Gasteiger partial charge in [0.05, 0.1) is 13.0 Å². The third-order valence-corrected chi connectivity index (χ3v) is 3.09. The van der Waals surface area contributed by atoms with Crippen molar-refractivity contribution >= 4 is 5.97 Å². The number of rotatable bonds is 6. The van der Waals surface area contributed by atoms with E-state index in [0.29, 0.717) is 0 Å². The van der Waals surface area contributed by atoms with Gasteiger partial charge in [-0.15, -0.1) is 0 Å². The Morgan fingerprint density at radius 2 is 2.06 bits per heavy atom. The van der Waals surface area contributed by atoms with Crippen LogP contribution >= 0.6 is 0 Å². The van der Waals surface area contributed by atoms with Crippen LogP contribution in [0.2, 0.25) is 0 Å². The van der Waals surface area contributed by atoms with E-state index in [1.54, 1.807) is 0 Å². The van der Waals surface area contributed by atoms with Crippen molar-refractivity contribution in [2.24, 2.45) is 5.92 Å². The van der Waals surface area contributed by atoms with E-state index in [2.05, 4.69) is 4.90 Å². The lowest BCUT2D eigenvalue weighted by molar-refractivity contribution is -0.147. The Balaban J connectivity index is 2.10. The summed E-state index contributed by atoms with van der Waals surface area (Å²) in [5, 5.41) is 0. The molecule has 1 heterocycles. The second-order valence-corrected chi connectivity index (χ2v) is 4.19. The average molecular weight is 229 g/mol. The van der Waals surface area contributed by atoms with Gasteiger partial charge >= 0.3 is 5.97 Å². The van der Waals surface area contributed by atoms with E-state index in [4.69, 9.17) is 9.47 Å². The third kappa shape index (κ3) is 4.49. The second kappa shape index (κ2) is 7.63. The zero-order chi connectivity index (χ0) is 11.8.